The van der Waals surface area contributed by atoms with E-state index in [1.807, 2.05) is 0 Å². The lowest BCUT2D eigenvalue weighted by molar-refractivity contribution is -0.112. The van der Waals surface area contributed by atoms with Crippen LogP contribution in [-0.2, 0) is 4.79 Å². The molecule has 0 aliphatic rings. The Bertz CT molecular complexity index is 452. The van der Waals surface area contributed by atoms with Crippen molar-refractivity contribution < 1.29 is 9.90 Å². The summed E-state index contributed by atoms with van der Waals surface area (Å²) in [7, 11) is 0. The van der Waals surface area contributed by atoms with Gasteiger partial charge in [-0.05, 0) is 13.8 Å². The van der Waals surface area contributed by atoms with Gasteiger partial charge in [0, 0.05) is 5.38 Å². The Morgan fingerprint density at radius 3 is 2.80 bits per heavy atom. The molecule has 1 aromatic rings. The van der Waals surface area contributed by atoms with Crippen LogP contribution in [0.2, 0.25) is 0 Å². The molecule has 78 valence electrons. The number of hydrogen-bond donors (Lipinski definition) is 2. The highest BCUT2D eigenvalue weighted by molar-refractivity contribution is 7.13. The summed E-state index contributed by atoms with van der Waals surface area (Å²) in [6, 6.07) is 1.62. The summed E-state index contributed by atoms with van der Waals surface area (Å²) < 4.78 is 0. The van der Waals surface area contributed by atoms with Gasteiger partial charge in [0.1, 0.15) is 11.8 Å². The lowest BCUT2D eigenvalue weighted by Crippen LogP contribution is -2.14. The Morgan fingerprint density at radius 1 is 1.73 bits per heavy atom. The van der Waals surface area contributed by atoms with Gasteiger partial charge in [0.05, 0.1) is 5.69 Å². The summed E-state index contributed by atoms with van der Waals surface area (Å²) in [6.45, 7) is 3.08. The first-order valence-electron chi connectivity index (χ1n) is 4.08. The fourth-order valence-corrected chi connectivity index (χ4v) is 1.55. The summed E-state index contributed by atoms with van der Waals surface area (Å²) in [5.41, 5.74) is 0.487. The number of aliphatic hydroxyl groups is 1. The molecule has 0 aromatic carbocycles. The molecular formula is C9H9N3O2S. The van der Waals surface area contributed by atoms with Gasteiger partial charge in [-0.2, -0.15) is 5.26 Å². The van der Waals surface area contributed by atoms with Crippen molar-refractivity contribution in [2.75, 3.05) is 5.32 Å². The number of nitrogens with zero attached hydrogens (tertiary/aromatic N) is 2. The Morgan fingerprint density at radius 2 is 2.40 bits per heavy atom. The minimum absolute atomic E-state index is 0.303. The van der Waals surface area contributed by atoms with E-state index >= 15 is 0 Å². The average Bonchev–Trinajstić information content (AvgIpc) is 2.51. The second kappa shape index (κ2) is 4.57. The third kappa shape index (κ3) is 2.79. The van der Waals surface area contributed by atoms with Crippen LogP contribution in [-0.4, -0.2) is 16.0 Å². The summed E-state index contributed by atoms with van der Waals surface area (Å²) in [5, 5.41) is 22.3. The van der Waals surface area contributed by atoms with Crippen LogP contribution in [0, 0.1) is 18.3 Å². The SMILES string of the molecule is C/C(O)=C(\C#N)C(=O)Nc1nc(C)cs1. The molecule has 0 fully saturated rings. The molecule has 1 amide bonds. The first-order valence-corrected chi connectivity index (χ1v) is 4.96. The van der Waals surface area contributed by atoms with Crippen LogP contribution in [0.25, 0.3) is 0 Å². The van der Waals surface area contributed by atoms with Gasteiger partial charge < -0.3 is 5.11 Å². The highest BCUT2D eigenvalue weighted by Gasteiger charge is 2.13. The maximum absolute atomic E-state index is 11.4. The number of rotatable bonds is 2. The molecule has 1 heterocycles. The fraction of sp³-hybridized carbons (Fsp3) is 0.222. The number of nitriles is 1. The van der Waals surface area contributed by atoms with Crippen molar-refractivity contribution in [3.63, 3.8) is 0 Å². The summed E-state index contributed by atoms with van der Waals surface area (Å²) in [4.78, 5) is 15.4. The standard InChI is InChI=1S/C9H9N3O2S/c1-5-4-15-9(11-5)12-8(14)7(3-10)6(2)13/h4,13H,1-2H3,(H,11,12,14)/b7-6-. The van der Waals surface area contributed by atoms with Crippen LogP contribution < -0.4 is 5.32 Å². The molecule has 0 saturated heterocycles. The van der Waals surface area contributed by atoms with Gasteiger partial charge in [0.2, 0.25) is 0 Å². The number of carbonyl (C=O) groups excluding carboxylic acids is 1. The van der Waals surface area contributed by atoms with Crippen LogP contribution in [0.3, 0.4) is 0 Å². The molecule has 0 aliphatic carbocycles. The number of aromatic nitrogens is 1. The highest BCUT2D eigenvalue weighted by atomic mass is 32.1. The number of aryl methyl sites for hydroxylation is 1. The first kappa shape index (κ1) is 11.2. The Kier molecular flexibility index (Phi) is 3.42. The summed E-state index contributed by atoms with van der Waals surface area (Å²) >= 11 is 1.26. The molecule has 0 unspecified atom stereocenters. The minimum Gasteiger partial charge on any atom is -0.511 e. The van der Waals surface area contributed by atoms with Crippen molar-refractivity contribution in [2.45, 2.75) is 13.8 Å². The molecule has 5 nitrogen and oxygen atoms in total. The van der Waals surface area contributed by atoms with Gasteiger partial charge in [-0.15, -0.1) is 11.3 Å². The van der Waals surface area contributed by atoms with E-state index in [1.165, 1.54) is 18.3 Å². The van der Waals surface area contributed by atoms with Crippen LogP contribution in [0.15, 0.2) is 16.7 Å². The number of allylic oxidation sites excluding steroid dienone is 1. The van der Waals surface area contributed by atoms with Crippen molar-refractivity contribution in [3.8, 4) is 6.07 Å². The van der Waals surface area contributed by atoms with Gasteiger partial charge >= 0.3 is 0 Å². The van der Waals surface area contributed by atoms with E-state index in [4.69, 9.17) is 10.4 Å². The predicted octanol–water partition coefficient (Wildman–Crippen LogP) is 1.75. The molecule has 0 radical (unpaired) electrons. The quantitative estimate of drug-likeness (QED) is 0.454. The van der Waals surface area contributed by atoms with Gasteiger partial charge in [-0.1, -0.05) is 0 Å². The van der Waals surface area contributed by atoms with E-state index in [2.05, 4.69) is 10.3 Å². The van der Waals surface area contributed by atoms with Gasteiger partial charge in [-0.25, -0.2) is 4.98 Å². The molecule has 0 saturated carbocycles. The molecule has 0 spiro atoms. The van der Waals surface area contributed by atoms with Gasteiger partial charge in [0.15, 0.2) is 10.7 Å². The number of carbonyl (C=O) groups is 1. The maximum Gasteiger partial charge on any atom is 0.271 e. The predicted molar refractivity (Wildman–Crippen MR) is 56.4 cm³/mol. The monoisotopic (exact) mass is 223 g/mol. The molecule has 15 heavy (non-hydrogen) atoms. The van der Waals surface area contributed by atoms with Crippen molar-refractivity contribution in [1.29, 1.82) is 5.26 Å². The van der Waals surface area contributed by atoms with Gasteiger partial charge in [0.25, 0.3) is 5.91 Å². The molecule has 1 rings (SSSR count). The third-order valence-electron chi connectivity index (χ3n) is 1.54. The van der Waals surface area contributed by atoms with Crippen molar-refractivity contribution in [3.05, 3.63) is 22.4 Å². The summed E-state index contributed by atoms with van der Waals surface area (Å²) in [5.74, 6) is -0.949. The highest BCUT2D eigenvalue weighted by Crippen LogP contribution is 2.15. The van der Waals surface area contributed by atoms with Crippen LogP contribution in [0.5, 0.6) is 0 Å². The van der Waals surface area contributed by atoms with E-state index in [9.17, 15) is 4.79 Å². The van der Waals surface area contributed by atoms with Crippen LogP contribution >= 0.6 is 11.3 Å². The second-order valence-corrected chi connectivity index (χ2v) is 3.68. The first-order chi connectivity index (χ1) is 7.04. The molecule has 1 aromatic heterocycles. The molecule has 2 N–H and O–H groups in total. The van der Waals surface area contributed by atoms with Gasteiger partial charge in [-0.3, -0.25) is 10.1 Å². The topological polar surface area (TPSA) is 86.0 Å². The maximum atomic E-state index is 11.4. The normalized spacial score (nSPS) is 11.5. The van der Waals surface area contributed by atoms with Crippen molar-refractivity contribution in [2.24, 2.45) is 0 Å². The van der Waals surface area contributed by atoms with Crippen LogP contribution in [0.1, 0.15) is 12.6 Å². The lowest BCUT2D eigenvalue weighted by Gasteiger charge is -1.99. The van der Waals surface area contributed by atoms with Crippen LogP contribution in [0.4, 0.5) is 5.13 Å². The number of amides is 1. The number of anilines is 1. The molecule has 6 heteroatoms. The molecular weight excluding hydrogens is 214 g/mol. The Labute approximate surface area is 90.7 Å². The average molecular weight is 223 g/mol. The number of hydrogen-bond acceptors (Lipinski definition) is 5. The zero-order valence-electron chi connectivity index (χ0n) is 8.24. The number of nitrogens with one attached hydrogen (secondary N) is 1. The largest absolute Gasteiger partial charge is 0.511 e. The fourth-order valence-electron chi connectivity index (χ4n) is 0.867. The summed E-state index contributed by atoms with van der Waals surface area (Å²) in [6.07, 6.45) is 0. The zero-order valence-corrected chi connectivity index (χ0v) is 9.05. The molecule has 0 atom stereocenters. The number of aliphatic hydroxyl groups excluding tert-OH is 1. The molecule has 0 bridgehead atoms. The van der Waals surface area contributed by atoms with E-state index in [0.717, 1.165) is 5.69 Å². The lowest BCUT2D eigenvalue weighted by atomic mass is 10.2. The van der Waals surface area contributed by atoms with E-state index in [-0.39, 0.29) is 11.3 Å². The van der Waals surface area contributed by atoms with Crippen molar-refractivity contribution >= 4 is 22.4 Å². The van der Waals surface area contributed by atoms with E-state index in [0.29, 0.717) is 5.13 Å². The smallest absolute Gasteiger partial charge is 0.271 e. The third-order valence-corrected chi connectivity index (χ3v) is 2.42. The van der Waals surface area contributed by atoms with E-state index < -0.39 is 5.91 Å². The van der Waals surface area contributed by atoms with Crippen molar-refractivity contribution in [1.82, 2.24) is 4.98 Å². The second-order valence-electron chi connectivity index (χ2n) is 2.82. The van der Waals surface area contributed by atoms with E-state index in [1.54, 1.807) is 18.4 Å². The Balaban J connectivity index is 2.81. The molecule has 0 aliphatic heterocycles. The number of thiazole rings is 1. The minimum atomic E-state index is -0.646. The Hall–Kier alpha value is -1.87. The zero-order chi connectivity index (χ0) is 11.4.